The zero-order valence-electron chi connectivity index (χ0n) is 9.68. The predicted molar refractivity (Wildman–Crippen MR) is 68.6 cm³/mol. The minimum Gasteiger partial charge on any atom is -0.349 e. The van der Waals surface area contributed by atoms with Crippen LogP contribution in [0.1, 0.15) is 42.5 Å². The molecule has 2 rings (SSSR count). The molecule has 0 spiro atoms. The lowest BCUT2D eigenvalue weighted by molar-refractivity contribution is 0.0923. The summed E-state index contributed by atoms with van der Waals surface area (Å²) < 4.78 is 13.6. The van der Waals surface area contributed by atoms with Gasteiger partial charge in [-0.3, -0.25) is 4.79 Å². The summed E-state index contributed by atoms with van der Waals surface area (Å²) in [5, 5.41) is 2.53. The zero-order chi connectivity index (χ0) is 13.1. The molecule has 18 heavy (non-hydrogen) atoms. The summed E-state index contributed by atoms with van der Waals surface area (Å²) in [6, 6.07) is 1.08. The van der Waals surface area contributed by atoms with E-state index in [2.05, 4.69) is 10.3 Å². The van der Waals surface area contributed by atoms with Gasteiger partial charge in [-0.15, -0.1) is 0 Å². The van der Waals surface area contributed by atoms with Crippen LogP contribution >= 0.6 is 23.2 Å². The predicted octanol–water partition coefficient (Wildman–Crippen LogP) is 3.59. The van der Waals surface area contributed by atoms with Crippen molar-refractivity contribution in [3.8, 4) is 0 Å². The average Bonchev–Trinajstić information content (AvgIpc) is 2.28. The Morgan fingerprint density at radius 2 is 2.00 bits per heavy atom. The van der Waals surface area contributed by atoms with Gasteiger partial charge in [0.2, 0.25) is 0 Å². The van der Waals surface area contributed by atoms with Crippen LogP contribution in [0, 0.1) is 5.82 Å². The Morgan fingerprint density at radius 3 is 2.61 bits per heavy atom. The minimum atomic E-state index is -0.742. The maximum atomic E-state index is 13.6. The second-order valence-electron chi connectivity index (χ2n) is 4.40. The first kappa shape index (κ1) is 13.6. The smallest absolute Gasteiger partial charge is 0.257 e. The maximum absolute atomic E-state index is 13.6. The van der Waals surface area contributed by atoms with Gasteiger partial charge in [0.1, 0.15) is 21.7 Å². The molecule has 0 aliphatic heterocycles. The normalized spacial score (nSPS) is 16.6. The van der Waals surface area contributed by atoms with Crippen LogP contribution in [0.2, 0.25) is 10.3 Å². The van der Waals surface area contributed by atoms with Crippen molar-refractivity contribution in [2.24, 2.45) is 0 Å². The summed E-state index contributed by atoms with van der Waals surface area (Å²) >= 11 is 11.3. The fourth-order valence-corrected chi connectivity index (χ4v) is 2.65. The van der Waals surface area contributed by atoms with Gasteiger partial charge < -0.3 is 5.32 Å². The van der Waals surface area contributed by atoms with E-state index in [9.17, 15) is 9.18 Å². The van der Waals surface area contributed by atoms with Gasteiger partial charge in [-0.2, -0.15) is 0 Å². The highest BCUT2D eigenvalue weighted by atomic mass is 35.5. The largest absolute Gasteiger partial charge is 0.349 e. The lowest BCUT2D eigenvalue weighted by atomic mass is 9.95. The molecule has 0 aromatic carbocycles. The van der Waals surface area contributed by atoms with E-state index in [4.69, 9.17) is 23.2 Å². The summed E-state index contributed by atoms with van der Waals surface area (Å²) in [7, 11) is 0. The molecule has 1 N–H and O–H groups in total. The van der Waals surface area contributed by atoms with Crippen LogP contribution in [0.15, 0.2) is 6.07 Å². The van der Waals surface area contributed by atoms with Crippen LogP contribution < -0.4 is 5.32 Å². The molecule has 3 nitrogen and oxygen atoms in total. The highest BCUT2D eigenvalue weighted by Crippen LogP contribution is 2.22. The van der Waals surface area contributed by atoms with Crippen LogP contribution in [-0.2, 0) is 0 Å². The lowest BCUT2D eigenvalue weighted by Gasteiger charge is -2.22. The topological polar surface area (TPSA) is 42.0 Å². The maximum Gasteiger partial charge on any atom is 0.257 e. The van der Waals surface area contributed by atoms with Gasteiger partial charge in [-0.25, -0.2) is 9.37 Å². The summed E-state index contributed by atoms with van der Waals surface area (Å²) in [4.78, 5) is 15.6. The van der Waals surface area contributed by atoms with Crippen LogP contribution in [0.4, 0.5) is 4.39 Å². The molecule has 1 heterocycles. The molecule has 0 radical (unpaired) electrons. The number of amides is 1. The van der Waals surface area contributed by atoms with Gasteiger partial charge in [0.05, 0.1) is 0 Å². The SMILES string of the molecule is O=C(NC1CCCCC1)c1c(F)cc(Cl)nc1Cl. The molecule has 0 bridgehead atoms. The van der Waals surface area contributed by atoms with E-state index < -0.39 is 11.7 Å². The molecule has 0 unspecified atom stereocenters. The molecule has 1 fully saturated rings. The van der Waals surface area contributed by atoms with E-state index in [-0.39, 0.29) is 21.9 Å². The van der Waals surface area contributed by atoms with Gasteiger partial charge in [-0.1, -0.05) is 42.5 Å². The molecular weight excluding hydrogens is 278 g/mol. The highest BCUT2D eigenvalue weighted by molar-refractivity contribution is 6.34. The van der Waals surface area contributed by atoms with Gasteiger partial charge in [0.15, 0.2) is 0 Å². The highest BCUT2D eigenvalue weighted by Gasteiger charge is 2.22. The van der Waals surface area contributed by atoms with Crippen LogP contribution in [0.25, 0.3) is 0 Å². The molecule has 1 aliphatic carbocycles. The Kier molecular flexibility index (Phi) is 4.40. The number of aromatic nitrogens is 1. The van der Waals surface area contributed by atoms with Gasteiger partial charge >= 0.3 is 0 Å². The van der Waals surface area contributed by atoms with Crippen molar-refractivity contribution in [3.05, 3.63) is 27.8 Å². The van der Waals surface area contributed by atoms with Crippen molar-refractivity contribution in [2.45, 2.75) is 38.1 Å². The monoisotopic (exact) mass is 290 g/mol. The Morgan fingerprint density at radius 1 is 1.33 bits per heavy atom. The number of nitrogens with one attached hydrogen (secondary N) is 1. The van der Waals surface area contributed by atoms with E-state index in [1.165, 1.54) is 6.42 Å². The van der Waals surface area contributed by atoms with E-state index in [0.717, 1.165) is 31.7 Å². The fourth-order valence-electron chi connectivity index (χ4n) is 2.16. The van der Waals surface area contributed by atoms with Crippen molar-refractivity contribution in [3.63, 3.8) is 0 Å². The third-order valence-corrected chi connectivity index (χ3v) is 3.53. The summed E-state index contributed by atoms with van der Waals surface area (Å²) in [6.45, 7) is 0. The molecule has 6 heteroatoms. The standard InChI is InChI=1S/C12H13Cl2FN2O/c13-9-6-8(15)10(11(14)17-9)12(18)16-7-4-2-1-3-5-7/h6-7H,1-5H2,(H,16,18). The van der Waals surface area contributed by atoms with Crippen molar-refractivity contribution in [1.82, 2.24) is 10.3 Å². The van der Waals surface area contributed by atoms with E-state index in [1.807, 2.05) is 0 Å². The molecule has 1 amide bonds. The molecule has 1 aliphatic rings. The second kappa shape index (κ2) is 5.85. The zero-order valence-corrected chi connectivity index (χ0v) is 11.2. The van der Waals surface area contributed by atoms with Crippen molar-refractivity contribution < 1.29 is 9.18 Å². The molecular formula is C12H13Cl2FN2O. The number of carbonyl (C=O) groups excluding carboxylic acids is 1. The Hall–Kier alpha value is -0.870. The number of pyridine rings is 1. The van der Waals surface area contributed by atoms with Crippen LogP contribution in [-0.4, -0.2) is 16.9 Å². The van der Waals surface area contributed by atoms with E-state index in [0.29, 0.717) is 0 Å². The number of hydrogen-bond donors (Lipinski definition) is 1. The molecule has 0 saturated heterocycles. The third kappa shape index (κ3) is 3.12. The van der Waals surface area contributed by atoms with Crippen LogP contribution in [0.3, 0.4) is 0 Å². The van der Waals surface area contributed by atoms with Gasteiger partial charge in [-0.05, 0) is 12.8 Å². The second-order valence-corrected chi connectivity index (χ2v) is 5.15. The number of rotatable bonds is 2. The van der Waals surface area contributed by atoms with Gasteiger partial charge in [0.25, 0.3) is 5.91 Å². The third-order valence-electron chi connectivity index (χ3n) is 3.06. The Bertz CT molecular complexity index is 438. The minimum absolute atomic E-state index is 0.0632. The summed E-state index contributed by atoms with van der Waals surface area (Å²) in [5.74, 6) is -1.26. The van der Waals surface area contributed by atoms with E-state index in [1.54, 1.807) is 0 Å². The molecule has 0 atom stereocenters. The molecule has 1 saturated carbocycles. The molecule has 98 valence electrons. The Labute approximate surface area is 115 Å². The number of carbonyl (C=O) groups is 1. The van der Waals surface area contributed by atoms with Crippen molar-refractivity contribution in [2.75, 3.05) is 0 Å². The summed E-state index contributed by atoms with van der Waals surface area (Å²) in [5.41, 5.74) is -0.230. The van der Waals surface area contributed by atoms with E-state index >= 15 is 0 Å². The molecule has 1 aromatic heterocycles. The first-order valence-electron chi connectivity index (χ1n) is 5.90. The number of hydrogen-bond acceptors (Lipinski definition) is 2. The first-order chi connectivity index (χ1) is 8.58. The fraction of sp³-hybridized carbons (Fsp3) is 0.500. The van der Waals surface area contributed by atoms with Crippen LogP contribution in [0.5, 0.6) is 0 Å². The quantitative estimate of drug-likeness (QED) is 0.846. The van der Waals surface area contributed by atoms with Crippen molar-refractivity contribution in [1.29, 1.82) is 0 Å². The van der Waals surface area contributed by atoms with Gasteiger partial charge in [0, 0.05) is 12.1 Å². The number of halogens is 3. The Balaban J connectivity index is 2.13. The summed E-state index contributed by atoms with van der Waals surface area (Å²) in [6.07, 6.45) is 5.20. The number of nitrogens with zero attached hydrogens (tertiary/aromatic N) is 1. The average molecular weight is 291 g/mol. The molecule has 1 aromatic rings. The first-order valence-corrected chi connectivity index (χ1v) is 6.66. The lowest BCUT2D eigenvalue weighted by Crippen LogP contribution is -2.36. The van der Waals surface area contributed by atoms with Crippen molar-refractivity contribution >= 4 is 29.1 Å².